The number of methoxy groups -OCH3 is 1. The maximum absolute atomic E-state index is 13.9. The molecule has 1 aromatic heterocycles. The van der Waals surface area contributed by atoms with Gasteiger partial charge in [-0.05, 0) is 28.8 Å². The van der Waals surface area contributed by atoms with Crippen molar-refractivity contribution in [3.05, 3.63) is 131 Å². The summed E-state index contributed by atoms with van der Waals surface area (Å²) in [4.78, 5) is 37.7. The second-order valence-electron chi connectivity index (χ2n) is 9.01. The molecule has 7 nitrogen and oxygen atoms in total. The summed E-state index contributed by atoms with van der Waals surface area (Å²) >= 11 is 0. The van der Waals surface area contributed by atoms with E-state index in [1.165, 1.54) is 43.8 Å². The van der Waals surface area contributed by atoms with Crippen molar-refractivity contribution in [2.45, 2.75) is 12.6 Å². The number of hydrogen-bond acceptors (Lipinski definition) is 6. The van der Waals surface area contributed by atoms with Gasteiger partial charge in [0.2, 0.25) is 0 Å². The zero-order valence-corrected chi connectivity index (χ0v) is 20.9. The average Bonchev–Trinajstić information content (AvgIpc) is 3.22. The van der Waals surface area contributed by atoms with E-state index in [-0.39, 0.29) is 29.2 Å². The summed E-state index contributed by atoms with van der Waals surface area (Å²) in [5, 5.41) is 0. The van der Waals surface area contributed by atoms with E-state index >= 15 is 0 Å². The summed E-state index contributed by atoms with van der Waals surface area (Å²) in [5.74, 6) is -1.22. The lowest BCUT2D eigenvalue weighted by Crippen LogP contribution is -2.29. The number of imide groups is 1. The van der Waals surface area contributed by atoms with Gasteiger partial charge in [0.05, 0.1) is 13.7 Å². The second kappa shape index (κ2) is 9.98. The largest absolute Gasteiger partial charge is 0.494 e. The number of carbonyl (C=O) groups excluding carboxylic acids is 2. The first-order valence-corrected chi connectivity index (χ1v) is 12.3. The number of benzene rings is 4. The molecule has 4 aromatic carbocycles. The van der Waals surface area contributed by atoms with Gasteiger partial charge < -0.3 is 9.47 Å². The molecule has 0 bridgehead atoms. The van der Waals surface area contributed by atoms with Crippen LogP contribution in [0.1, 0.15) is 43.5 Å². The Morgan fingerprint density at radius 3 is 1.79 bits per heavy atom. The molecule has 8 heteroatoms. The van der Waals surface area contributed by atoms with E-state index < -0.39 is 23.7 Å². The number of nitrogens with zero attached hydrogens (tertiary/aromatic N) is 3. The zero-order chi connectivity index (χ0) is 26.9. The van der Waals surface area contributed by atoms with Gasteiger partial charge in [-0.25, -0.2) is 14.4 Å². The number of halogens is 1. The second-order valence-corrected chi connectivity index (χ2v) is 9.01. The van der Waals surface area contributed by atoms with Crippen molar-refractivity contribution in [3.8, 4) is 11.5 Å². The van der Waals surface area contributed by atoms with Crippen LogP contribution in [0.2, 0.25) is 0 Å². The molecule has 0 fully saturated rings. The van der Waals surface area contributed by atoms with Crippen LogP contribution in [-0.2, 0) is 6.54 Å². The van der Waals surface area contributed by atoms with Crippen molar-refractivity contribution in [1.82, 2.24) is 14.9 Å². The zero-order valence-electron chi connectivity index (χ0n) is 20.9. The van der Waals surface area contributed by atoms with Gasteiger partial charge in [0.1, 0.15) is 34.1 Å². The molecule has 0 N–H and O–H groups in total. The van der Waals surface area contributed by atoms with Gasteiger partial charge in [-0.1, -0.05) is 72.8 Å². The van der Waals surface area contributed by atoms with E-state index in [0.29, 0.717) is 16.6 Å². The number of fused-ring (bicyclic) bond motifs is 2. The highest BCUT2D eigenvalue weighted by Crippen LogP contribution is 2.45. The van der Waals surface area contributed by atoms with Gasteiger partial charge in [-0.3, -0.25) is 14.5 Å². The molecule has 0 saturated carbocycles. The number of rotatable bonds is 7. The Bertz CT molecular complexity index is 1650. The van der Waals surface area contributed by atoms with Crippen LogP contribution in [0.4, 0.5) is 4.39 Å². The van der Waals surface area contributed by atoms with Gasteiger partial charge in [0, 0.05) is 12.4 Å². The Morgan fingerprint density at radius 1 is 0.744 bits per heavy atom. The van der Waals surface area contributed by atoms with Crippen molar-refractivity contribution >= 4 is 22.8 Å². The number of aromatic nitrogens is 2. The van der Waals surface area contributed by atoms with Gasteiger partial charge >= 0.3 is 0 Å². The lowest BCUT2D eigenvalue weighted by atomic mass is 10.00. The summed E-state index contributed by atoms with van der Waals surface area (Å²) < 4.78 is 25.8. The highest BCUT2D eigenvalue weighted by Gasteiger charge is 2.44. The standard InChI is InChI=1S/C31H22FN3O4/c1-38-28-23-24(31(37)35(30(23)36)18-19-12-14-22(32)15-13-19)29(26-25(28)33-16-17-34-26)39-27(20-8-4-2-5-9-20)21-10-6-3-7-11-21/h2-17,27H,18H2,1H3. The Kier molecular flexibility index (Phi) is 6.20. The number of ether oxygens (including phenoxy) is 2. The fourth-order valence-corrected chi connectivity index (χ4v) is 4.84. The van der Waals surface area contributed by atoms with Crippen LogP contribution >= 0.6 is 0 Å². The highest BCUT2D eigenvalue weighted by atomic mass is 19.1. The lowest BCUT2D eigenvalue weighted by molar-refractivity contribution is 0.0640. The molecule has 2 heterocycles. The van der Waals surface area contributed by atoms with Crippen LogP contribution in [0, 0.1) is 5.82 Å². The third-order valence-corrected chi connectivity index (χ3v) is 6.65. The van der Waals surface area contributed by atoms with Crippen LogP contribution in [0.15, 0.2) is 97.3 Å². The van der Waals surface area contributed by atoms with E-state index in [1.54, 1.807) is 0 Å². The van der Waals surface area contributed by atoms with E-state index in [1.807, 2.05) is 60.7 Å². The Balaban J connectivity index is 1.54. The third kappa shape index (κ3) is 4.25. The molecule has 6 rings (SSSR count). The molecular weight excluding hydrogens is 497 g/mol. The molecule has 0 atom stereocenters. The van der Waals surface area contributed by atoms with Crippen LogP contribution in [0.3, 0.4) is 0 Å². The summed E-state index contributed by atoms with van der Waals surface area (Å²) in [7, 11) is 1.42. The molecule has 0 spiro atoms. The van der Waals surface area contributed by atoms with Crippen LogP contribution < -0.4 is 9.47 Å². The SMILES string of the molecule is COc1c2c(c(OC(c3ccccc3)c3ccccc3)c3nccnc13)C(=O)N(Cc1ccc(F)cc1)C2=O. The smallest absolute Gasteiger partial charge is 0.265 e. The fraction of sp³-hybridized carbons (Fsp3) is 0.0968. The number of hydrogen-bond donors (Lipinski definition) is 0. The Morgan fingerprint density at radius 2 is 1.26 bits per heavy atom. The normalized spacial score (nSPS) is 12.7. The minimum atomic E-state index is -0.607. The average molecular weight is 520 g/mol. The predicted octanol–water partition coefficient (Wildman–Crippen LogP) is 5.74. The van der Waals surface area contributed by atoms with E-state index in [9.17, 15) is 14.0 Å². The van der Waals surface area contributed by atoms with Gasteiger partial charge in [0.25, 0.3) is 11.8 Å². The summed E-state index contributed by atoms with van der Waals surface area (Å²) in [5.41, 5.74) is 3.03. The lowest BCUT2D eigenvalue weighted by Gasteiger charge is -2.23. The van der Waals surface area contributed by atoms with Gasteiger partial charge in [0.15, 0.2) is 11.5 Å². The minimum Gasteiger partial charge on any atom is -0.494 e. The summed E-state index contributed by atoms with van der Waals surface area (Å²) in [6, 6.07) is 24.8. The predicted molar refractivity (Wildman–Crippen MR) is 142 cm³/mol. The van der Waals surface area contributed by atoms with Crippen LogP contribution in [-0.4, -0.2) is 33.8 Å². The molecule has 1 aliphatic heterocycles. The summed E-state index contributed by atoms with van der Waals surface area (Å²) in [6.07, 6.45) is 2.38. The van der Waals surface area contributed by atoms with Crippen LogP contribution in [0.25, 0.3) is 11.0 Å². The third-order valence-electron chi connectivity index (χ3n) is 6.65. The Labute approximate surface area is 223 Å². The maximum atomic E-state index is 13.9. The molecule has 0 aliphatic carbocycles. The summed E-state index contributed by atoms with van der Waals surface area (Å²) in [6.45, 7) is -0.0484. The quantitative estimate of drug-likeness (QED) is 0.255. The molecule has 1 aliphatic rings. The minimum absolute atomic E-state index is 0.0484. The van der Waals surface area contributed by atoms with Crippen molar-refractivity contribution in [2.24, 2.45) is 0 Å². The molecule has 0 saturated heterocycles. The van der Waals surface area contributed by atoms with Gasteiger partial charge in [-0.2, -0.15) is 0 Å². The van der Waals surface area contributed by atoms with Crippen molar-refractivity contribution in [3.63, 3.8) is 0 Å². The Hall–Kier alpha value is -5.11. The first kappa shape index (κ1) is 24.2. The topological polar surface area (TPSA) is 81.6 Å². The molecule has 0 unspecified atom stereocenters. The molecular formula is C31H22FN3O4. The van der Waals surface area contributed by atoms with E-state index in [2.05, 4.69) is 9.97 Å². The molecule has 0 radical (unpaired) electrons. The number of carbonyl (C=O) groups is 2. The number of amides is 2. The first-order valence-electron chi connectivity index (χ1n) is 12.3. The van der Waals surface area contributed by atoms with E-state index in [0.717, 1.165) is 16.0 Å². The van der Waals surface area contributed by atoms with Crippen LogP contribution in [0.5, 0.6) is 11.5 Å². The molecule has 192 valence electrons. The fourth-order valence-electron chi connectivity index (χ4n) is 4.84. The molecule has 5 aromatic rings. The molecule has 39 heavy (non-hydrogen) atoms. The first-order chi connectivity index (χ1) is 19.1. The van der Waals surface area contributed by atoms with Crippen molar-refractivity contribution < 1.29 is 23.5 Å². The maximum Gasteiger partial charge on any atom is 0.265 e. The van der Waals surface area contributed by atoms with Crippen molar-refractivity contribution in [1.29, 1.82) is 0 Å². The molecule has 2 amide bonds. The monoisotopic (exact) mass is 519 g/mol. The van der Waals surface area contributed by atoms with E-state index in [4.69, 9.17) is 9.47 Å². The highest BCUT2D eigenvalue weighted by molar-refractivity contribution is 6.26. The van der Waals surface area contributed by atoms with Gasteiger partial charge in [-0.15, -0.1) is 0 Å². The van der Waals surface area contributed by atoms with Crippen molar-refractivity contribution in [2.75, 3.05) is 7.11 Å².